The molecule has 0 fully saturated rings. The maximum atomic E-state index is 11.9. The number of aliphatic hydroxyl groups excluding tert-OH is 1. The molecule has 0 bridgehead atoms. The Morgan fingerprint density at radius 2 is 2.12 bits per heavy atom. The highest BCUT2D eigenvalue weighted by atomic mass is 16.3. The summed E-state index contributed by atoms with van der Waals surface area (Å²) < 4.78 is 0. The van der Waals surface area contributed by atoms with Crippen LogP contribution in [-0.2, 0) is 6.54 Å². The number of H-pyrrole nitrogens is 1. The Morgan fingerprint density at radius 1 is 1.32 bits per heavy atom. The predicted octanol–water partition coefficient (Wildman–Crippen LogP) is 2.38. The van der Waals surface area contributed by atoms with E-state index in [-0.39, 0.29) is 18.1 Å². The number of carbonyl (C=O) groups excluding carboxylic acids is 1. The number of amides is 2. The lowest BCUT2D eigenvalue weighted by Crippen LogP contribution is -2.36. The maximum Gasteiger partial charge on any atom is 0.315 e. The van der Waals surface area contributed by atoms with E-state index in [1.54, 1.807) is 0 Å². The van der Waals surface area contributed by atoms with Gasteiger partial charge in [0.05, 0.1) is 0 Å². The molecule has 25 heavy (non-hydrogen) atoms. The quantitative estimate of drug-likeness (QED) is 0.552. The number of urea groups is 1. The van der Waals surface area contributed by atoms with Gasteiger partial charge in [0.2, 0.25) is 0 Å². The van der Waals surface area contributed by atoms with Crippen molar-refractivity contribution in [1.82, 2.24) is 25.8 Å². The predicted molar refractivity (Wildman–Crippen MR) is 96.9 cm³/mol. The minimum Gasteiger partial charge on any atom is -0.396 e. The molecule has 0 saturated heterocycles. The van der Waals surface area contributed by atoms with E-state index in [4.69, 9.17) is 0 Å². The molecule has 4 N–H and O–H groups in total. The van der Waals surface area contributed by atoms with Crippen molar-refractivity contribution in [3.63, 3.8) is 0 Å². The van der Waals surface area contributed by atoms with Gasteiger partial charge in [0, 0.05) is 25.3 Å². The van der Waals surface area contributed by atoms with E-state index >= 15 is 0 Å². The summed E-state index contributed by atoms with van der Waals surface area (Å²) in [6, 6.07) is 7.59. The number of benzene rings is 1. The molecule has 1 aromatic heterocycles. The minimum absolute atomic E-state index is 0.1000. The Morgan fingerprint density at radius 3 is 2.80 bits per heavy atom. The number of carbonyl (C=O) groups is 1. The lowest BCUT2D eigenvalue weighted by molar-refractivity contribution is 0.148. The van der Waals surface area contributed by atoms with E-state index in [0.717, 1.165) is 29.8 Å². The summed E-state index contributed by atoms with van der Waals surface area (Å²) in [6.07, 6.45) is 1.70. The molecule has 2 aromatic rings. The van der Waals surface area contributed by atoms with Gasteiger partial charge in [-0.1, -0.05) is 32.0 Å². The second kappa shape index (κ2) is 8.62. The van der Waals surface area contributed by atoms with Crippen LogP contribution in [0.4, 0.5) is 4.79 Å². The highest BCUT2D eigenvalue weighted by Gasteiger charge is 2.15. The largest absolute Gasteiger partial charge is 0.396 e. The number of aliphatic hydroxyl groups is 1. The molecule has 7 nitrogen and oxygen atoms in total. The van der Waals surface area contributed by atoms with Gasteiger partial charge in [0.25, 0.3) is 0 Å². The molecule has 0 atom stereocenters. The fourth-order valence-corrected chi connectivity index (χ4v) is 2.38. The molecule has 136 valence electrons. The van der Waals surface area contributed by atoms with E-state index in [2.05, 4.69) is 25.8 Å². The molecule has 7 heteroatoms. The molecule has 2 amide bonds. The van der Waals surface area contributed by atoms with Gasteiger partial charge in [0.1, 0.15) is 5.82 Å². The monoisotopic (exact) mass is 345 g/mol. The Hall–Kier alpha value is -2.41. The fraction of sp³-hybridized carbons (Fsp3) is 0.500. The topological polar surface area (TPSA) is 103 Å². The van der Waals surface area contributed by atoms with E-state index in [0.29, 0.717) is 18.9 Å². The summed E-state index contributed by atoms with van der Waals surface area (Å²) in [7, 11) is 0. The third-order valence-corrected chi connectivity index (χ3v) is 3.98. The molecule has 0 spiro atoms. The van der Waals surface area contributed by atoms with Crippen molar-refractivity contribution in [2.75, 3.05) is 13.2 Å². The van der Waals surface area contributed by atoms with Crippen molar-refractivity contribution in [3.05, 3.63) is 35.7 Å². The lowest BCUT2D eigenvalue weighted by Gasteiger charge is -2.21. The van der Waals surface area contributed by atoms with Gasteiger partial charge in [-0.15, -0.1) is 0 Å². The van der Waals surface area contributed by atoms with Crippen LogP contribution >= 0.6 is 0 Å². The van der Waals surface area contributed by atoms with Crippen molar-refractivity contribution in [2.45, 2.75) is 40.2 Å². The molecule has 0 aliphatic heterocycles. The molecule has 2 rings (SSSR count). The zero-order valence-electron chi connectivity index (χ0n) is 15.1. The van der Waals surface area contributed by atoms with E-state index in [1.807, 2.05) is 45.0 Å². The number of aromatic nitrogens is 3. The lowest BCUT2D eigenvalue weighted by atomic mass is 9.89. The van der Waals surface area contributed by atoms with E-state index < -0.39 is 0 Å². The normalized spacial score (nSPS) is 11.4. The van der Waals surface area contributed by atoms with Crippen LogP contribution in [0.25, 0.3) is 11.4 Å². The second-order valence-corrected chi connectivity index (χ2v) is 6.98. The molecule has 0 aliphatic carbocycles. The standard InChI is InChI=1S/C18H27N5O2/c1-13-21-16(23-22-13)15-7-4-6-14(10-15)11-20-17(25)19-9-5-8-18(2,3)12-24/h4,6-7,10,24H,5,8-9,11-12H2,1-3H3,(H2,19,20,25)(H,21,22,23). The van der Waals surface area contributed by atoms with Gasteiger partial charge in [0.15, 0.2) is 5.82 Å². The fourth-order valence-electron chi connectivity index (χ4n) is 2.38. The third-order valence-electron chi connectivity index (χ3n) is 3.98. The van der Waals surface area contributed by atoms with E-state index in [9.17, 15) is 9.90 Å². The van der Waals surface area contributed by atoms with Crippen LogP contribution in [0.2, 0.25) is 0 Å². The van der Waals surface area contributed by atoms with Crippen LogP contribution in [0.5, 0.6) is 0 Å². The Kier molecular flexibility index (Phi) is 6.52. The SMILES string of the molecule is Cc1nc(-c2cccc(CNC(=O)NCCCC(C)(C)CO)c2)n[nH]1. The highest BCUT2D eigenvalue weighted by Crippen LogP contribution is 2.20. The number of nitrogens with zero attached hydrogens (tertiary/aromatic N) is 2. The van der Waals surface area contributed by atoms with Crippen molar-refractivity contribution in [2.24, 2.45) is 5.41 Å². The van der Waals surface area contributed by atoms with Gasteiger partial charge in [-0.25, -0.2) is 9.78 Å². The van der Waals surface area contributed by atoms with Crippen molar-refractivity contribution >= 4 is 6.03 Å². The first-order valence-electron chi connectivity index (χ1n) is 8.50. The van der Waals surface area contributed by atoms with Gasteiger partial charge >= 0.3 is 6.03 Å². The first-order valence-corrected chi connectivity index (χ1v) is 8.50. The van der Waals surface area contributed by atoms with Gasteiger partial charge in [-0.05, 0) is 36.8 Å². The smallest absolute Gasteiger partial charge is 0.315 e. The van der Waals surface area contributed by atoms with Crippen molar-refractivity contribution < 1.29 is 9.90 Å². The molecular weight excluding hydrogens is 318 g/mol. The van der Waals surface area contributed by atoms with Crippen molar-refractivity contribution in [3.8, 4) is 11.4 Å². The van der Waals surface area contributed by atoms with Crippen LogP contribution < -0.4 is 10.6 Å². The minimum atomic E-state index is -0.194. The number of aromatic amines is 1. The van der Waals surface area contributed by atoms with Crippen LogP contribution in [-0.4, -0.2) is 39.5 Å². The Balaban J connectivity index is 1.76. The summed E-state index contributed by atoms with van der Waals surface area (Å²) in [4.78, 5) is 16.2. The highest BCUT2D eigenvalue weighted by molar-refractivity contribution is 5.73. The zero-order valence-corrected chi connectivity index (χ0v) is 15.1. The maximum absolute atomic E-state index is 11.9. The average Bonchev–Trinajstić information content (AvgIpc) is 3.04. The molecule has 1 aromatic carbocycles. The number of hydrogen-bond donors (Lipinski definition) is 4. The van der Waals surface area contributed by atoms with Crippen molar-refractivity contribution in [1.29, 1.82) is 0 Å². The zero-order chi connectivity index (χ0) is 18.3. The van der Waals surface area contributed by atoms with Crippen LogP contribution in [0.1, 0.15) is 38.1 Å². The summed E-state index contributed by atoms with van der Waals surface area (Å²) in [5.74, 6) is 1.41. The molecule has 0 aliphatic rings. The summed E-state index contributed by atoms with van der Waals surface area (Å²) in [5.41, 5.74) is 1.80. The Labute approximate surface area is 148 Å². The number of aryl methyl sites for hydroxylation is 1. The molecule has 0 unspecified atom stereocenters. The average molecular weight is 345 g/mol. The van der Waals surface area contributed by atoms with E-state index in [1.165, 1.54) is 0 Å². The Bertz CT molecular complexity index is 696. The number of rotatable bonds is 8. The number of hydrogen-bond acceptors (Lipinski definition) is 4. The van der Waals surface area contributed by atoms with Crippen LogP contribution in [0.3, 0.4) is 0 Å². The summed E-state index contributed by atoms with van der Waals surface area (Å²) >= 11 is 0. The third kappa shape index (κ3) is 6.19. The molecule has 0 saturated carbocycles. The second-order valence-electron chi connectivity index (χ2n) is 6.98. The van der Waals surface area contributed by atoms with Gasteiger partial charge < -0.3 is 15.7 Å². The van der Waals surface area contributed by atoms with Crippen LogP contribution in [0.15, 0.2) is 24.3 Å². The molecule has 1 heterocycles. The first-order chi connectivity index (χ1) is 11.9. The summed E-state index contributed by atoms with van der Waals surface area (Å²) in [5, 5.41) is 21.9. The van der Waals surface area contributed by atoms with Gasteiger partial charge in [-0.2, -0.15) is 5.10 Å². The number of nitrogens with one attached hydrogen (secondary N) is 3. The first kappa shape index (κ1) is 18.9. The molecular formula is C18H27N5O2. The molecule has 0 radical (unpaired) electrons. The summed E-state index contributed by atoms with van der Waals surface area (Å²) in [6.45, 7) is 7.05. The van der Waals surface area contributed by atoms with Crippen LogP contribution in [0, 0.1) is 12.3 Å². The van der Waals surface area contributed by atoms with Gasteiger partial charge in [-0.3, -0.25) is 5.10 Å².